The number of ether oxygens (including phenoxy) is 2. The highest BCUT2D eigenvalue weighted by Gasteiger charge is 2.18. The molecule has 0 aliphatic heterocycles. The lowest BCUT2D eigenvalue weighted by Crippen LogP contribution is -2.38. The Hall–Kier alpha value is -2.43. The minimum Gasteiger partial charge on any atom is -0.489 e. The van der Waals surface area contributed by atoms with Gasteiger partial charge in [0.2, 0.25) is 6.16 Å². The van der Waals surface area contributed by atoms with Crippen molar-refractivity contribution in [2.24, 2.45) is 0 Å². The van der Waals surface area contributed by atoms with Crippen LogP contribution in [0.1, 0.15) is 44.4 Å². The maximum absolute atomic E-state index is 12.0. The first-order valence-corrected chi connectivity index (χ1v) is 10.9. The van der Waals surface area contributed by atoms with Crippen LogP contribution >= 0.6 is 8.03 Å². The third kappa shape index (κ3) is 8.63. The Kier molecular flexibility index (Phi) is 8.18. The number of hydrogen-bond acceptors (Lipinski definition) is 4. The van der Waals surface area contributed by atoms with E-state index in [2.05, 4.69) is 5.32 Å². The highest BCUT2D eigenvalue weighted by Crippen LogP contribution is 2.23. The summed E-state index contributed by atoms with van der Waals surface area (Å²) in [5.74, 6) is 0.757. The third-order valence-corrected chi connectivity index (χ3v) is 4.63. The molecule has 0 fully saturated rings. The molecule has 156 valence electrons. The second-order valence-corrected chi connectivity index (χ2v) is 9.00. The van der Waals surface area contributed by atoms with Crippen LogP contribution in [0.4, 0.5) is 4.79 Å². The van der Waals surface area contributed by atoms with Crippen molar-refractivity contribution in [2.75, 3.05) is 0 Å². The second kappa shape index (κ2) is 10.4. The molecule has 0 bridgehead atoms. The second-order valence-electron chi connectivity index (χ2n) is 7.97. The van der Waals surface area contributed by atoms with Gasteiger partial charge < -0.3 is 14.8 Å². The molecule has 0 saturated carbocycles. The SMILES string of the molecule is C[C@@H](Cc1ccccc1OCc1ccc(C[P+](=O)O)cc1)NC(=O)OC(C)(C)C. The van der Waals surface area contributed by atoms with Gasteiger partial charge in [0.25, 0.3) is 0 Å². The number of para-hydroxylation sites is 1. The van der Waals surface area contributed by atoms with E-state index in [-0.39, 0.29) is 12.2 Å². The van der Waals surface area contributed by atoms with Crippen LogP contribution in [0.25, 0.3) is 0 Å². The van der Waals surface area contributed by atoms with Crippen LogP contribution in [0, 0.1) is 0 Å². The fourth-order valence-corrected chi connectivity index (χ4v) is 3.28. The number of rotatable bonds is 8. The molecule has 0 aliphatic rings. The molecular formula is C22H29NO5P+. The van der Waals surface area contributed by atoms with Gasteiger partial charge in [-0.05, 0) is 55.9 Å². The zero-order chi connectivity index (χ0) is 21.4. The Bertz CT molecular complexity index is 830. The van der Waals surface area contributed by atoms with E-state index in [9.17, 15) is 9.36 Å². The summed E-state index contributed by atoms with van der Waals surface area (Å²) in [5, 5.41) is 2.85. The van der Waals surface area contributed by atoms with Crippen LogP contribution in [0.5, 0.6) is 5.75 Å². The number of nitrogens with one attached hydrogen (secondary N) is 1. The van der Waals surface area contributed by atoms with Crippen molar-refractivity contribution in [3.05, 3.63) is 65.2 Å². The molecule has 0 heterocycles. The van der Waals surface area contributed by atoms with E-state index in [0.717, 1.165) is 22.4 Å². The van der Waals surface area contributed by atoms with Crippen LogP contribution < -0.4 is 10.1 Å². The van der Waals surface area contributed by atoms with Crippen molar-refractivity contribution >= 4 is 14.1 Å². The number of benzene rings is 2. The Balaban J connectivity index is 1.94. The van der Waals surface area contributed by atoms with Gasteiger partial charge in [0.15, 0.2) is 0 Å². The van der Waals surface area contributed by atoms with E-state index in [4.69, 9.17) is 14.4 Å². The molecule has 6 nitrogen and oxygen atoms in total. The maximum atomic E-state index is 12.0. The predicted octanol–water partition coefficient (Wildman–Crippen LogP) is 4.96. The van der Waals surface area contributed by atoms with Crippen molar-refractivity contribution in [3.63, 3.8) is 0 Å². The Morgan fingerprint density at radius 2 is 1.72 bits per heavy atom. The van der Waals surface area contributed by atoms with E-state index < -0.39 is 19.7 Å². The summed E-state index contributed by atoms with van der Waals surface area (Å²) in [5.41, 5.74) is 2.24. The third-order valence-electron chi connectivity index (χ3n) is 4.00. The lowest BCUT2D eigenvalue weighted by molar-refractivity contribution is 0.0508. The summed E-state index contributed by atoms with van der Waals surface area (Å²) < 4.78 is 22.2. The molecule has 0 spiro atoms. The molecule has 1 unspecified atom stereocenters. The van der Waals surface area contributed by atoms with Crippen LogP contribution in [0.15, 0.2) is 48.5 Å². The van der Waals surface area contributed by atoms with Gasteiger partial charge >= 0.3 is 14.1 Å². The van der Waals surface area contributed by atoms with Gasteiger partial charge in [-0.1, -0.05) is 42.5 Å². The summed E-state index contributed by atoms with van der Waals surface area (Å²) in [4.78, 5) is 20.9. The van der Waals surface area contributed by atoms with E-state index in [1.165, 1.54) is 0 Å². The molecule has 2 aromatic rings. The van der Waals surface area contributed by atoms with Crippen molar-refractivity contribution in [2.45, 2.75) is 58.5 Å². The molecule has 2 atom stereocenters. The first-order valence-electron chi connectivity index (χ1n) is 9.54. The molecule has 0 radical (unpaired) electrons. The lowest BCUT2D eigenvalue weighted by Gasteiger charge is -2.22. The summed E-state index contributed by atoms with van der Waals surface area (Å²) >= 11 is 0. The molecular weight excluding hydrogens is 389 g/mol. The standard InChI is InChI=1S/C22H28NO5P/c1-16(23-21(24)28-22(2,3)4)13-19-7-5-6-8-20(19)27-14-17-9-11-18(12-10-17)15-29(25)26/h5-12,16H,13-15H2,1-4H3,(H-,23,24,25,26)/p+1/t16-/m0/s1. The zero-order valence-electron chi connectivity index (χ0n) is 17.3. The zero-order valence-corrected chi connectivity index (χ0v) is 18.2. The highest BCUT2D eigenvalue weighted by atomic mass is 31.1. The smallest absolute Gasteiger partial charge is 0.489 e. The number of hydrogen-bond donors (Lipinski definition) is 2. The van der Waals surface area contributed by atoms with Crippen LogP contribution in [-0.4, -0.2) is 22.6 Å². The Morgan fingerprint density at radius 1 is 1.10 bits per heavy atom. The molecule has 1 amide bonds. The van der Waals surface area contributed by atoms with Gasteiger partial charge in [-0.2, -0.15) is 4.89 Å². The number of amides is 1. The first kappa shape index (κ1) is 22.9. The Labute approximate surface area is 173 Å². The monoisotopic (exact) mass is 418 g/mol. The molecule has 2 N–H and O–H groups in total. The van der Waals surface area contributed by atoms with Crippen molar-refractivity contribution in [3.8, 4) is 5.75 Å². The van der Waals surface area contributed by atoms with Gasteiger partial charge in [0.05, 0.1) is 0 Å². The van der Waals surface area contributed by atoms with Crippen molar-refractivity contribution in [1.82, 2.24) is 5.32 Å². The van der Waals surface area contributed by atoms with Gasteiger partial charge in [-0.3, -0.25) is 0 Å². The summed E-state index contributed by atoms with van der Waals surface area (Å²) in [7, 11) is -2.18. The molecule has 7 heteroatoms. The number of carbonyl (C=O) groups is 1. The minimum atomic E-state index is -2.18. The topological polar surface area (TPSA) is 84.9 Å². The average Bonchev–Trinajstić information content (AvgIpc) is 2.60. The summed E-state index contributed by atoms with van der Waals surface area (Å²) in [6, 6.07) is 15.1. The quantitative estimate of drug-likeness (QED) is 0.592. The minimum absolute atomic E-state index is 0.116. The van der Waals surface area contributed by atoms with Crippen molar-refractivity contribution in [1.29, 1.82) is 0 Å². The van der Waals surface area contributed by atoms with Gasteiger partial charge in [0, 0.05) is 11.6 Å². The van der Waals surface area contributed by atoms with E-state index in [1.54, 1.807) is 0 Å². The molecule has 2 rings (SSSR count). The van der Waals surface area contributed by atoms with Crippen LogP contribution in [0.2, 0.25) is 0 Å². The normalized spacial score (nSPS) is 12.8. The van der Waals surface area contributed by atoms with E-state index in [0.29, 0.717) is 13.0 Å². The van der Waals surface area contributed by atoms with E-state index >= 15 is 0 Å². The molecule has 29 heavy (non-hydrogen) atoms. The lowest BCUT2D eigenvalue weighted by atomic mass is 10.1. The number of carbonyl (C=O) groups excluding carboxylic acids is 1. The average molecular weight is 418 g/mol. The van der Waals surface area contributed by atoms with Crippen LogP contribution in [0.3, 0.4) is 0 Å². The molecule has 0 aliphatic carbocycles. The van der Waals surface area contributed by atoms with Crippen LogP contribution in [-0.2, 0) is 28.5 Å². The largest absolute Gasteiger partial charge is 0.510 e. The summed E-state index contributed by atoms with van der Waals surface area (Å²) in [6.07, 6.45) is 0.327. The Morgan fingerprint density at radius 3 is 2.34 bits per heavy atom. The van der Waals surface area contributed by atoms with Gasteiger partial charge in [-0.25, -0.2) is 4.79 Å². The maximum Gasteiger partial charge on any atom is 0.510 e. The fourth-order valence-electron chi connectivity index (χ4n) is 2.76. The fraction of sp³-hybridized carbons (Fsp3) is 0.409. The predicted molar refractivity (Wildman–Crippen MR) is 113 cm³/mol. The molecule has 0 aromatic heterocycles. The highest BCUT2D eigenvalue weighted by molar-refractivity contribution is 7.37. The molecule has 2 aromatic carbocycles. The first-order chi connectivity index (χ1) is 13.6. The summed E-state index contributed by atoms with van der Waals surface area (Å²) in [6.45, 7) is 7.80. The van der Waals surface area contributed by atoms with Gasteiger partial charge in [-0.15, -0.1) is 0 Å². The van der Waals surface area contributed by atoms with Gasteiger partial charge in [0.1, 0.15) is 18.0 Å². The molecule has 0 saturated heterocycles. The van der Waals surface area contributed by atoms with E-state index in [1.807, 2.05) is 76.2 Å². The number of alkyl carbamates (subject to hydrolysis) is 1. The van der Waals surface area contributed by atoms with Crippen molar-refractivity contribution < 1.29 is 23.7 Å².